The van der Waals surface area contributed by atoms with Crippen LogP contribution in [0, 0.1) is 13.8 Å². The molecular weight excluding hydrogens is 396 g/mol. The van der Waals surface area contributed by atoms with Gasteiger partial charge in [0.15, 0.2) is 11.7 Å². The van der Waals surface area contributed by atoms with E-state index >= 15 is 0 Å². The summed E-state index contributed by atoms with van der Waals surface area (Å²) in [6.45, 7) is 3.19. The summed E-state index contributed by atoms with van der Waals surface area (Å²) in [5.74, 6) is -1.03. The zero-order valence-electron chi connectivity index (χ0n) is 12.9. The number of furan rings is 1. The molecule has 3 rings (SSSR count). The van der Waals surface area contributed by atoms with Gasteiger partial charge in [-0.1, -0.05) is 15.9 Å². The average molecular weight is 409 g/mol. The number of carbonyl (C=O) groups is 2. The third kappa shape index (κ3) is 3.49. The van der Waals surface area contributed by atoms with Crippen LogP contribution in [0.2, 0.25) is 0 Å². The highest BCUT2D eigenvalue weighted by molar-refractivity contribution is 9.10. The van der Waals surface area contributed by atoms with Crippen LogP contribution in [0.15, 0.2) is 32.5 Å². The monoisotopic (exact) mass is 408 g/mol. The van der Waals surface area contributed by atoms with Crippen LogP contribution in [0.3, 0.4) is 0 Å². The highest BCUT2D eigenvalue weighted by Crippen LogP contribution is 2.28. The lowest BCUT2D eigenvalue weighted by Gasteiger charge is -2.03. The van der Waals surface area contributed by atoms with Crippen LogP contribution in [-0.2, 0) is 9.53 Å². The smallest absolute Gasteiger partial charge is 0.375 e. The highest BCUT2D eigenvalue weighted by atomic mass is 79.9. The number of halogens is 1. The van der Waals surface area contributed by atoms with Crippen molar-refractivity contribution in [2.24, 2.45) is 0 Å². The van der Waals surface area contributed by atoms with E-state index in [0.717, 1.165) is 15.6 Å². The standard InChI is InChI=1S/C16H13BrN2O4S/c1-8-7-24-16(18-8)19-13(20)6-22-15(21)14-9(2)11-5-10(17)3-4-12(11)23-14/h3-5,7H,6H2,1-2H3,(H,18,19,20). The minimum Gasteiger partial charge on any atom is -0.450 e. The van der Waals surface area contributed by atoms with Gasteiger partial charge in [-0.05, 0) is 32.0 Å². The minimum atomic E-state index is -0.676. The predicted molar refractivity (Wildman–Crippen MR) is 94.4 cm³/mol. The van der Waals surface area contributed by atoms with Gasteiger partial charge in [0.2, 0.25) is 5.76 Å². The Morgan fingerprint density at radius 3 is 2.88 bits per heavy atom. The van der Waals surface area contributed by atoms with Gasteiger partial charge in [-0.2, -0.15) is 0 Å². The molecular formula is C16H13BrN2O4S. The lowest BCUT2D eigenvalue weighted by molar-refractivity contribution is -0.119. The van der Waals surface area contributed by atoms with Gasteiger partial charge in [0.05, 0.1) is 5.69 Å². The molecule has 0 atom stereocenters. The number of benzene rings is 1. The van der Waals surface area contributed by atoms with E-state index in [0.29, 0.717) is 16.3 Å². The second-order valence-electron chi connectivity index (χ2n) is 5.12. The summed E-state index contributed by atoms with van der Waals surface area (Å²) < 4.78 is 11.4. The molecule has 0 aliphatic rings. The topological polar surface area (TPSA) is 81.4 Å². The van der Waals surface area contributed by atoms with Gasteiger partial charge in [-0.25, -0.2) is 9.78 Å². The van der Waals surface area contributed by atoms with Gasteiger partial charge in [0, 0.05) is 20.8 Å². The number of amides is 1. The van der Waals surface area contributed by atoms with Crippen molar-refractivity contribution in [1.29, 1.82) is 0 Å². The molecule has 0 unspecified atom stereocenters. The number of esters is 1. The minimum absolute atomic E-state index is 0.0981. The number of nitrogens with one attached hydrogen (secondary N) is 1. The Labute approximate surface area is 150 Å². The molecule has 0 bridgehead atoms. The molecule has 0 fully saturated rings. The van der Waals surface area contributed by atoms with E-state index in [2.05, 4.69) is 26.2 Å². The van der Waals surface area contributed by atoms with Crippen molar-refractivity contribution in [3.63, 3.8) is 0 Å². The Balaban J connectivity index is 1.66. The largest absolute Gasteiger partial charge is 0.450 e. The van der Waals surface area contributed by atoms with E-state index in [-0.39, 0.29) is 5.76 Å². The molecule has 0 radical (unpaired) electrons. The lowest BCUT2D eigenvalue weighted by atomic mass is 10.1. The molecule has 2 heterocycles. The van der Waals surface area contributed by atoms with Gasteiger partial charge < -0.3 is 9.15 Å². The van der Waals surface area contributed by atoms with Crippen LogP contribution in [-0.4, -0.2) is 23.5 Å². The number of rotatable bonds is 4. The van der Waals surface area contributed by atoms with Crippen molar-refractivity contribution in [2.45, 2.75) is 13.8 Å². The molecule has 1 amide bonds. The fraction of sp³-hybridized carbons (Fsp3) is 0.188. The molecule has 0 aliphatic carbocycles. The second-order valence-corrected chi connectivity index (χ2v) is 6.89. The summed E-state index contributed by atoms with van der Waals surface area (Å²) >= 11 is 4.69. The van der Waals surface area contributed by atoms with Crippen LogP contribution in [0.25, 0.3) is 11.0 Å². The number of hydrogen-bond acceptors (Lipinski definition) is 6. The number of nitrogens with zero attached hydrogens (tertiary/aromatic N) is 1. The van der Waals surface area contributed by atoms with Gasteiger partial charge in [0.25, 0.3) is 5.91 Å². The molecule has 0 spiro atoms. The number of carbonyl (C=O) groups excluding carboxylic acids is 2. The molecule has 2 aromatic heterocycles. The SMILES string of the molecule is Cc1csc(NC(=O)COC(=O)c2oc3ccc(Br)cc3c2C)n1. The third-order valence-electron chi connectivity index (χ3n) is 3.28. The van der Waals surface area contributed by atoms with E-state index in [1.807, 2.05) is 24.4 Å². The number of aryl methyl sites for hydroxylation is 2. The molecule has 1 aromatic carbocycles. The maximum Gasteiger partial charge on any atom is 0.375 e. The Bertz CT molecular complexity index is 931. The number of aromatic nitrogens is 1. The summed E-state index contributed by atoms with van der Waals surface area (Å²) in [4.78, 5) is 28.1. The van der Waals surface area contributed by atoms with E-state index in [9.17, 15) is 9.59 Å². The number of thiazole rings is 1. The summed E-state index contributed by atoms with van der Waals surface area (Å²) in [5, 5.41) is 5.68. The number of fused-ring (bicyclic) bond motifs is 1. The zero-order valence-corrected chi connectivity index (χ0v) is 15.3. The van der Waals surface area contributed by atoms with E-state index < -0.39 is 18.5 Å². The summed E-state index contributed by atoms with van der Waals surface area (Å²) in [5.41, 5.74) is 2.08. The maximum absolute atomic E-state index is 12.2. The Kier molecular flexibility index (Phi) is 4.68. The second kappa shape index (κ2) is 6.74. The van der Waals surface area contributed by atoms with Crippen molar-refractivity contribution in [2.75, 3.05) is 11.9 Å². The first-order valence-corrected chi connectivity index (χ1v) is 8.69. The fourth-order valence-corrected chi connectivity index (χ4v) is 3.22. The first-order valence-electron chi connectivity index (χ1n) is 7.02. The van der Waals surface area contributed by atoms with Crippen molar-refractivity contribution < 1.29 is 18.7 Å². The summed E-state index contributed by atoms with van der Waals surface area (Å²) in [6, 6.07) is 5.45. The lowest BCUT2D eigenvalue weighted by Crippen LogP contribution is -2.20. The highest BCUT2D eigenvalue weighted by Gasteiger charge is 2.20. The van der Waals surface area contributed by atoms with Crippen molar-refractivity contribution in [3.05, 3.63) is 45.1 Å². The molecule has 1 N–H and O–H groups in total. The number of anilines is 1. The maximum atomic E-state index is 12.2. The van der Waals surface area contributed by atoms with E-state index in [1.54, 1.807) is 13.0 Å². The third-order valence-corrected chi connectivity index (χ3v) is 4.65. The van der Waals surface area contributed by atoms with E-state index in [4.69, 9.17) is 9.15 Å². The van der Waals surface area contributed by atoms with Gasteiger partial charge >= 0.3 is 5.97 Å². The molecule has 0 saturated carbocycles. The predicted octanol–water partition coefficient (Wildman–Crippen LogP) is 4.06. The fourth-order valence-electron chi connectivity index (χ4n) is 2.15. The Hall–Kier alpha value is -2.19. The number of hydrogen-bond donors (Lipinski definition) is 1. The van der Waals surface area contributed by atoms with Crippen molar-refractivity contribution >= 4 is 55.2 Å². The van der Waals surface area contributed by atoms with Gasteiger partial charge in [-0.15, -0.1) is 11.3 Å². The van der Waals surface area contributed by atoms with Crippen LogP contribution in [0.5, 0.6) is 0 Å². The normalized spacial score (nSPS) is 10.8. The zero-order chi connectivity index (χ0) is 17.3. The molecule has 3 aromatic rings. The van der Waals surface area contributed by atoms with Crippen LogP contribution >= 0.6 is 27.3 Å². The first-order chi connectivity index (χ1) is 11.4. The Morgan fingerprint density at radius 2 is 2.17 bits per heavy atom. The van der Waals surface area contributed by atoms with Gasteiger partial charge in [0.1, 0.15) is 5.58 Å². The molecule has 6 nitrogen and oxygen atoms in total. The van der Waals surface area contributed by atoms with Crippen molar-refractivity contribution in [3.8, 4) is 0 Å². The van der Waals surface area contributed by atoms with Crippen LogP contribution in [0.1, 0.15) is 21.8 Å². The molecule has 124 valence electrons. The molecule has 8 heteroatoms. The molecule has 0 aliphatic heterocycles. The average Bonchev–Trinajstić information content (AvgIpc) is 3.09. The molecule has 0 saturated heterocycles. The van der Waals surface area contributed by atoms with Gasteiger partial charge in [-0.3, -0.25) is 10.1 Å². The first kappa shape index (κ1) is 16.7. The van der Waals surface area contributed by atoms with E-state index in [1.165, 1.54) is 11.3 Å². The Morgan fingerprint density at radius 1 is 1.38 bits per heavy atom. The van der Waals surface area contributed by atoms with Crippen LogP contribution < -0.4 is 5.32 Å². The van der Waals surface area contributed by atoms with Crippen LogP contribution in [0.4, 0.5) is 5.13 Å². The van der Waals surface area contributed by atoms with Crippen molar-refractivity contribution in [1.82, 2.24) is 4.98 Å². The number of ether oxygens (including phenoxy) is 1. The summed E-state index contributed by atoms with van der Waals surface area (Å²) in [6.07, 6.45) is 0. The quantitative estimate of drug-likeness (QED) is 0.658. The molecule has 24 heavy (non-hydrogen) atoms. The summed E-state index contributed by atoms with van der Waals surface area (Å²) in [7, 11) is 0.